The molecule has 9 N–H and O–H groups in total. The molecule has 0 spiro atoms. The first kappa shape index (κ1) is 31.5. The Bertz CT molecular complexity index is 1020. The Hall–Kier alpha value is -4.53. The molecule has 15 heteroatoms. The number of carboxylic acid groups (broad SMARTS) is 1. The predicted octanol–water partition coefficient (Wildman–Crippen LogP) is -3.88. The van der Waals surface area contributed by atoms with Crippen LogP contribution in [0, 0.1) is 0 Å². The van der Waals surface area contributed by atoms with Gasteiger partial charge in [0, 0.05) is 6.42 Å². The van der Waals surface area contributed by atoms with Crippen LogP contribution in [0.5, 0.6) is 0 Å². The number of benzene rings is 1. The van der Waals surface area contributed by atoms with Crippen molar-refractivity contribution in [2.45, 2.75) is 38.4 Å². The summed E-state index contributed by atoms with van der Waals surface area (Å²) in [4.78, 5) is 82.8. The molecule has 0 saturated carbocycles. The summed E-state index contributed by atoms with van der Waals surface area (Å²) in [6, 6.07) is 5.81. The second-order valence-electron chi connectivity index (χ2n) is 8.14. The van der Waals surface area contributed by atoms with E-state index in [0.29, 0.717) is 0 Å². The molecule has 1 rings (SSSR count). The second-order valence-corrected chi connectivity index (χ2v) is 8.14. The van der Waals surface area contributed by atoms with E-state index in [-0.39, 0.29) is 13.0 Å². The summed E-state index contributed by atoms with van der Waals surface area (Å²) >= 11 is 0. The molecule has 1 aromatic carbocycles. The first-order valence-electron chi connectivity index (χ1n) is 11.6. The number of carbonyl (C=O) groups excluding carboxylic acids is 6. The van der Waals surface area contributed by atoms with Gasteiger partial charge in [0.05, 0.1) is 19.6 Å². The lowest BCUT2D eigenvalue weighted by molar-refractivity contribution is -0.138. The van der Waals surface area contributed by atoms with Gasteiger partial charge in [-0.1, -0.05) is 30.3 Å². The number of aliphatic carboxylic acids is 1. The van der Waals surface area contributed by atoms with Crippen LogP contribution in [0.3, 0.4) is 0 Å². The fourth-order valence-electron chi connectivity index (χ4n) is 2.96. The van der Waals surface area contributed by atoms with E-state index in [9.17, 15) is 33.6 Å². The lowest BCUT2D eigenvalue weighted by Gasteiger charge is -2.19. The van der Waals surface area contributed by atoms with Crippen LogP contribution in [-0.4, -0.2) is 90.8 Å². The highest BCUT2D eigenvalue weighted by Crippen LogP contribution is 2.03. The zero-order valence-corrected chi connectivity index (χ0v) is 21.0. The topological polar surface area (TPSA) is 238 Å². The van der Waals surface area contributed by atoms with Crippen LogP contribution >= 0.6 is 0 Å². The number of rotatable bonds is 15. The van der Waals surface area contributed by atoms with Crippen molar-refractivity contribution in [1.29, 1.82) is 0 Å². The molecule has 0 saturated heterocycles. The molecule has 0 fully saturated rings. The number of nitrogens with two attached hydrogens (primary N) is 1. The Balaban J connectivity index is 2.48. The molecule has 0 heterocycles. The molecule has 0 aliphatic rings. The van der Waals surface area contributed by atoms with Gasteiger partial charge in [-0.2, -0.15) is 0 Å². The van der Waals surface area contributed by atoms with Crippen LogP contribution in [-0.2, 0) is 40.0 Å². The maximum absolute atomic E-state index is 12.6. The van der Waals surface area contributed by atoms with E-state index in [2.05, 4.69) is 31.9 Å². The molecule has 1 aromatic rings. The van der Waals surface area contributed by atoms with Gasteiger partial charge in [0.15, 0.2) is 0 Å². The van der Waals surface area contributed by atoms with E-state index in [0.717, 1.165) is 5.56 Å². The van der Waals surface area contributed by atoms with Crippen LogP contribution in [0.15, 0.2) is 30.3 Å². The van der Waals surface area contributed by atoms with Crippen molar-refractivity contribution in [3.63, 3.8) is 0 Å². The summed E-state index contributed by atoms with van der Waals surface area (Å²) in [5, 5.41) is 22.5. The molecule has 0 aliphatic heterocycles. The molecule has 3 atom stereocenters. The van der Waals surface area contributed by atoms with Crippen LogP contribution in [0.25, 0.3) is 0 Å². The van der Waals surface area contributed by atoms with Crippen molar-refractivity contribution in [3.8, 4) is 0 Å². The minimum Gasteiger partial charge on any atom is -0.480 e. The summed E-state index contributed by atoms with van der Waals surface area (Å²) in [5.41, 5.74) is 6.09. The fourth-order valence-corrected chi connectivity index (χ4v) is 2.96. The Morgan fingerprint density at radius 2 is 1.18 bits per heavy atom. The molecule has 6 amide bonds. The number of carbonyl (C=O) groups is 7. The van der Waals surface area contributed by atoms with Crippen LogP contribution in [0.1, 0.15) is 19.4 Å². The average Bonchev–Trinajstić information content (AvgIpc) is 2.88. The minimum atomic E-state index is -1.25. The van der Waals surface area contributed by atoms with Gasteiger partial charge in [-0.15, -0.1) is 0 Å². The normalized spacial score (nSPS) is 12.6. The molecule has 208 valence electrons. The van der Waals surface area contributed by atoms with Crippen molar-refractivity contribution in [1.82, 2.24) is 31.9 Å². The number of hydrogen-bond acceptors (Lipinski definition) is 8. The molecule has 0 radical (unpaired) electrons. The van der Waals surface area contributed by atoms with E-state index in [1.165, 1.54) is 13.8 Å². The van der Waals surface area contributed by atoms with Crippen LogP contribution in [0.4, 0.5) is 0 Å². The van der Waals surface area contributed by atoms with Gasteiger partial charge in [-0.05, 0) is 19.4 Å². The highest BCUT2D eigenvalue weighted by atomic mass is 16.4. The van der Waals surface area contributed by atoms with Gasteiger partial charge < -0.3 is 42.7 Å². The van der Waals surface area contributed by atoms with Gasteiger partial charge >= 0.3 is 5.97 Å². The number of hydrogen-bond donors (Lipinski definition) is 8. The summed E-state index contributed by atoms with van der Waals surface area (Å²) in [7, 11) is 0. The Morgan fingerprint density at radius 3 is 1.66 bits per heavy atom. The third-order valence-electron chi connectivity index (χ3n) is 4.92. The lowest BCUT2D eigenvalue weighted by Crippen LogP contribution is -2.53. The SMILES string of the molecule is C[C@H](NC(=O)CNC(=O)[C@H](C)NC(=O)CNC(=O)[C@H](Cc1ccccc1)NC(=O)CN)C(=O)NCC(=O)O. The molecular formula is C23H33N7O8. The van der Waals surface area contributed by atoms with Crippen molar-refractivity contribution in [3.05, 3.63) is 35.9 Å². The summed E-state index contributed by atoms with van der Waals surface area (Å²) in [5.74, 6) is -5.26. The molecule has 0 aromatic heterocycles. The van der Waals surface area contributed by atoms with E-state index >= 15 is 0 Å². The minimum absolute atomic E-state index is 0.167. The number of amides is 6. The molecule has 38 heavy (non-hydrogen) atoms. The van der Waals surface area contributed by atoms with Gasteiger partial charge in [0.25, 0.3) is 0 Å². The average molecular weight is 536 g/mol. The third-order valence-corrected chi connectivity index (χ3v) is 4.92. The largest absolute Gasteiger partial charge is 0.480 e. The second kappa shape index (κ2) is 16.3. The zero-order valence-electron chi connectivity index (χ0n) is 21.0. The molecule has 0 unspecified atom stereocenters. The predicted molar refractivity (Wildman–Crippen MR) is 133 cm³/mol. The Labute approximate surface area is 218 Å². The standard InChI is InChI=1S/C23H33N7O8/c1-13(21(36)25-10-18(32)29-14(2)22(37)27-12-20(34)35)28-19(33)11-26-23(38)16(30-17(31)9-24)8-15-6-4-3-5-7-15/h3-7,13-14,16H,8-12,24H2,1-2H3,(H,25,36)(H,26,38)(H,27,37)(H,28,33)(H,29,32)(H,30,31)(H,34,35)/t13-,14-,16-/m0/s1. The maximum atomic E-state index is 12.6. The van der Waals surface area contributed by atoms with Crippen molar-refractivity contribution < 1.29 is 38.7 Å². The fraction of sp³-hybridized carbons (Fsp3) is 0.435. The van der Waals surface area contributed by atoms with E-state index < -0.39 is 79.2 Å². The summed E-state index contributed by atoms with van der Waals surface area (Å²) in [6.45, 7) is 0.774. The van der Waals surface area contributed by atoms with Gasteiger partial charge in [0.2, 0.25) is 35.4 Å². The number of carboxylic acids is 1. The summed E-state index contributed by atoms with van der Waals surface area (Å²) in [6.07, 6.45) is 0.167. The monoisotopic (exact) mass is 535 g/mol. The smallest absolute Gasteiger partial charge is 0.322 e. The molecule has 0 bridgehead atoms. The van der Waals surface area contributed by atoms with E-state index in [1.807, 2.05) is 0 Å². The highest BCUT2D eigenvalue weighted by Gasteiger charge is 2.23. The van der Waals surface area contributed by atoms with Crippen LogP contribution in [0.2, 0.25) is 0 Å². The first-order chi connectivity index (χ1) is 17.9. The zero-order chi connectivity index (χ0) is 28.7. The Kier molecular flexibility index (Phi) is 13.5. The van der Waals surface area contributed by atoms with Gasteiger partial charge in [-0.25, -0.2) is 0 Å². The van der Waals surface area contributed by atoms with Gasteiger partial charge in [0.1, 0.15) is 24.7 Å². The van der Waals surface area contributed by atoms with Crippen molar-refractivity contribution >= 4 is 41.4 Å². The summed E-state index contributed by atoms with van der Waals surface area (Å²) < 4.78 is 0. The van der Waals surface area contributed by atoms with E-state index in [4.69, 9.17) is 10.8 Å². The molecule has 0 aliphatic carbocycles. The number of nitrogens with one attached hydrogen (secondary N) is 6. The lowest BCUT2D eigenvalue weighted by atomic mass is 10.1. The van der Waals surface area contributed by atoms with Crippen molar-refractivity contribution in [2.24, 2.45) is 5.73 Å². The van der Waals surface area contributed by atoms with Crippen molar-refractivity contribution in [2.75, 3.05) is 26.2 Å². The quantitative estimate of drug-likeness (QED) is 0.109. The third kappa shape index (κ3) is 12.4. The first-order valence-corrected chi connectivity index (χ1v) is 11.6. The molecule has 15 nitrogen and oxygen atoms in total. The van der Waals surface area contributed by atoms with Crippen LogP contribution < -0.4 is 37.6 Å². The molecular weight excluding hydrogens is 502 g/mol. The Morgan fingerprint density at radius 1 is 0.711 bits per heavy atom. The highest BCUT2D eigenvalue weighted by molar-refractivity contribution is 5.94. The maximum Gasteiger partial charge on any atom is 0.322 e. The van der Waals surface area contributed by atoms with E-state index in [1.54, 1.807) is 30.3 Å². The van der Waals surface area contributed by atoms with Gasteiger partial charge in [-0.3, -0.25) is 33.6 Å².